The fourth-order valence-corrected chi connectivity index (χ4v) is 3.21. The Bertz CT molecular complexity index is 1030. The normalized spacial score (nSPS) is 12.0. The van der Waals surface area contributed by atoms with Crippen molar-refractivity contribution in [2.75, 3.05) is 41.4 Å². The molecule has 0 unspecified atom stereocenters. The van der Waals surface area contributed by atoms with Crippen LogP contribution in [0.25, 0.3) is 22.3 Å². The number of nitrogens with one attached hydrogen (secondary N) is 1. The lowest BCUT2D eigenvalue weighted by atomic mass is 10.1. The molecule has 1 aromatic heterocycles. The zero-order valence-electron chi connectivity index (χ0n) is 16.7. The van der Waals surface area contributed by atoms with E-state index in [1.807, 2.05) is 42.5 Å². The second-order valence-corrected chi connectivity index (χ2v) is 7.33. The molecule has 0 radical (unpaired) electrons. The number of methoxy groups -OCH3 is 2. The lowest BCUT2D eigenvalue weighted by Crippen LogP contribution is -3.05. The van der Waals surface area contributed by atoms with Crippen molar-refractivity contribution in [1.29, 1.82) is 0 Å². The van der Waals surface area contributed by atoms with Crippen molar-refractivity contribution in [3.63, 3.8) is 0 Å². The van der Waals surface area contributed by atoms with Gasteiger partial charge in [-0.3, -0.25) is 4.99 Å². The summed E-state index contributed by atoms with van der Waals surface area (Å²) in [5, 5.41) is 2.45. The van der Waals surface area contributed by atoms with Crippen LogP contribution in [-0.4, -0.2) is 41.4 Å². The molecule has 5 nitrogen and oxygen atoms in total. The summed E-state index contributed by atoms with van der Waals surface area (Å²) in [6.07, 6.45) is 1.02. The molecule has 0 amide bonds. The van der Waals surface area contributed by atoms with Crippen molar-refractivity contribution in [3.05, 3.63) is 52.8 Å². The van der Waals surface area contributed by atoms with Gasteiger partial charge in [0.25, 0.3) is 0 Å². The van der Waals surface area contributed by atoms with E-state index in [0.717, 1.165) is 41.4 Å². The highest BCUT2D eigenvalue weighted by Crippen LogP contribution is 2.33. The summed E-state index contributed by atoms with van der Waals surface area (Å²) in [7, 11) is 7.53. The number of halogens is 1. The fourth-order valence-electron chi connectivity index (χ4n) is 3.04. The average molecular weight is 402 g/mol. The molecule has 0 aliphatic carbocycles. The summed E-state index contributed by atoms with van der Waals surface area (Å²) in [5.74, 6) is 2.04. The Morgan fingerprint density at radius 2 is 1.79 bits per heavy atom. The van der Waals surface area contributed by atoms with Crippen molar-refractivity contribution < 1.29 is 18.8 Å². The molecule has 28 heavy (non-hydrogen) atoms. The maximum atomic E-state index is 6.21. The summed E-state index contributed by atoms with van der Waals surface area (Å²) < 4.78 is 16.9. The lowest BCUT2D eigenvalue weighted by Gasteiger charge is -2.10. The first kappa shape index (κ1) is 20.2. The molecule has 0 spiro atoms. The second kappa shape index (κ2) is 9.13. The van der Waals surface area contributed by atoms with Crippen LogP contribution in [0, 0.1) is 0 Å². The van der Waals surface area contributed by atoms with Gasteiger partial charge >= 0.3 is 0 Å². The summed E-state index contributed by atoms with van der Waals surface area (Å²) in [6.45, 7) is 1.82. The van der Waals surface area contributed by atoms with Gasteiger partial charge in [-0.2, -0.15) is 0 Å². The molecule has 1 N–H and O–H groups in total. The SMILES string of the molecule is COc1ccc(-c2cc(=NCCC[NH+](C)C)c3cc(Cl)ccc3o2)cc1OC. The van der Waals surface area contributed by atoms with Gasteiger partial charge in [-0.15, -0.1) is 0 Å². The summed E-state index contributed by atoms with van der Waals surface area (Å²) in [5.41, 5.74) is 1.64. The van der Waals surface area contributed by atoms with Crippen LogP contribution in [-0.2, 0) is 0 Å². The standard InChI is InChI=1S/C22H25ClN2O3/c1-25(2)11-5-10-24-18-14-21(28-19-9-7-16(23)13-17(18)19)15-6-8-20(26-3)22(12-15)27-4/h6-9,12-14H,5,10-11H2,1-4H3/p+1. The second-order valence-electron chi connectivity index (χ2n) is 6.90. The minimum atomic E-state index is 0.652. The predicted octanol–water partition coefficient (Wildman–Crippen LogP) is 3.21. The Kier molecular flexibility index (Phi) is 6.60. The van der Waals surface area contributed by atoms with E-state index in [9.17, 15) is 0 Å². The number of hydrogen-bond acceptors (Lipinski definition) is 4. The van der Waals surface area contributed by atoms with Crippen LogP contribution in [0.1, 0.15) is 6.42 Å². The van der Waals surface area contributed by atoms with Gasteiger partial charge in [0.2, 0.25) is 0 Å². The Morgan fingerprint density at radius 3 is 2.50 bits per heavy atom. The minimum Gasteiger partial charge on any atom is -0.493 e. The third-order valence-electron chi connectivity index (χ3n) is 4.49. The smallest absolute Gasteiger partial charge is 0.161 e. The molecular weight excluding hydrogens is 376 g/mol. The number of rotatable bonds is 7. The van der Waals surface area contributed by atoms with Gasteiger partial charge in [0, 0.05) is 35.0 Å². The van der Waals surface area contributed by atoms with Crippen LogP contribution in [0.15, 0.2) is 51.9 Å². The van der Waals surface area contributed by atoms with Gasteiger partial charge in [0.05, 0.1) is 40.2 Å². The van der Waals surface area contributed by atoms with Gasteiger partial charge in [0.15, 0.2) is 11.5 Å². The number of quaternary nitrogens is 1. The highest BCUT2D eigenvalue weighted by Gasteiger charge is 2.10. The third kappa shape index (κ3) is 4.66. The highest BCUT2D eigenvalue weighted by molar-refractivity contribution is 6.31. The van der Waals surface area contributed by atoms with E-state index >= 15 is 0 Å². The van der Waals surface area contributed by atoms with Crippen LogP contribution < -0.4 is 19.7 Å². The quantitative estimate of drug-likeness (QED) is 0.618. The van der Waals surface area contributed by atoms with Crippen LogP contribution in [0.5, 0.6) is 11.5 Å². The molecule has 0 aliphatic rings. The van der Waals surface area contributed by atoms with Gasteiger partial charge in [-0.05, 0) is 36.4 Å². The number of ether oxygens (including phenoxy) is 2. The Morgan fingerprint density at radius 1 is 1.00 bits per heavy atom. The van der Waals surface area contributed by atoms with Gasteiger partial charge in [-0.25, -0.2) is 0 Å². The van der Waals surface area contributed by atoms with Crippen molar-refractivity contribution in [1.82, 2.24) is 0 Å². The molecule has 0 aliphatic heterocycles. The first-order chi connectivity index (χ1) is 13.5. The fraction of sp³-hybridized carbons (Fsp3) is 0.318. The van der Waals surface area contributed by atoms with Crippen LogP contribution in [0.2, 0.25) is 5.02 Å². The minimum absolute atomic E-state index is 0.652. The molecule has 148 valence electrons. The van der Waals surface area contributed by atoms with Crippen molar-refractivity contribution in [3.8, 4) is 22.8 Å². The summed E-state index contributed by atoms with van der Waals surface area (Å²) in [4.78, 5) is 6.24. The zero-order chi connectivity index (χ0) is 20.1. The molecule has 2 aromatic carbocycles. The molecule has 1 heterocycles. The maximum Gasteiger partial charge on any atom is 0.161 e. The molecule has 0 saturated carbocycles. The van der Waals surface area contributed by atoms with E-state index in [-0.39, 0.29) is 0 Å². The Hall–Kier alpha value is -2.50. The number of benzene rings is 2. The van der Waals surface area contributed by atoms with Gasteiger partial charge in [-0.1, -0.05) is 11.6 Å². The molecule has 3 rings (SSSR count). The van der Waals surface area contributed by atoms with Crippen molar-refractivity contribution >= 4 is 22.6 Å². The lowest BCUT2D eigenvalue weighted by molar-refractivity contribution is -0.858. The molecule has 0 saturated heterocycles. The number of hydrogen-bond donors (Lipinski definition) is 1. The van der Waals surface area contributed by atoms with E-state index < -0.39 is 0 Å². The summed E-state index contributed by atoms with van der Waals surface area (Å²) >= 11 is 6.21. The van der Waals surface area contributed by atoms with E-state index in [4.69, 9.17) is 30.5 Å². The Balaban J connectivity index is 2.09. The molecule has 3 aromatic rings. The van der Waals surface area contributed by atoms with Crippen LogP contribution in [0.3, 0.4) is 0 Å². The Labute approximate surface area is 170 Å². The number of fused-ring (bicyclic) bond motifs is 1. The maximum absolute atomic E-state index is 6.21. The van der Waals surface area contributed by atoms with Gasteiger partial charge < -0.3 is 18.8 Å². The van der Waals surface area contributed by atoms with Crippen molar-refractivity contribution in [2.24, 2.45) is 4.99 Å². The van der Waals surface area contributed by atoms with E-state index in [2.05, 4.69) is 14.1 Å². The zero-order valence-corrected chi connectivity index (χ0v) is 17.5. The van der Waals surface area contributed by atoms with Gasteiger partial charge in [0.1, 0.15) is 11.3 Å². The van der Waals surface area contributed by atoms with E-state index in [0.29, 0.717) is 22.3 Å². The topological polar surface area (TPSA) is 48.4 Å². The first-order valence-corrected chi connectivity index (χ1v) is 9.65. The summed E-state index contributed by atoms with van der Waals surface area (Å²) in [6, 6.07) is 13.3. The van der Waals surface area contributed by atoms with Crippen LogP contribution in [0.4, 0.5) is 0 Å². The molecule has 0 atom stereocenters. The largest absolute Gasteiger partial charge is 0.493 e. The molecule has 6 heteroatoms. The first-order valence-electron chi connectivity index (χ1n) is 9.27. The molecule has 0 bridgehead atoms. The van der Waals surface area contributed by atoms with Crippen LogP contribution >= 0.6 is 11.6 Å². The van der Waals surface area contributed by atoms with E-state index in [1.165, 1.54) is 4.90 Å². The highest BCUT2D eigenvalue weighted by atomic mass is 35.5. The molecular formula is C22H26ClN2O3+. The third-order valence-corrected chi connectivity index (χ3v) is 4.73. The predicted molar refractivity (Wildman–Crippen MR) is 112 cm³/mol. The molecule has 0 fully saturated rings. The average Bonchev–Trinajstić information content (AvgIpc) is 2.70. The van der Waals surface area contributed by atoms with Crippen molar-refractivity contribution in [2.45, 2.75) is 6.42 Å². The number of nitrogens with zero attached hydrogens (tertiary/aromatic N) is 1. The van der Waals surface area contributed by atoms with E-state index in [1.54, 1.807) is 14.2 Å². The monoisotopic (exact) mass is 401 g/mol.